The van der Waals surface area contributed by atoms with E-state index in [1.807, 2.05) is 0 Å². The van der Waals surface area contributed by atoms with E-state index in [0.717, 1.165) is 11.2 Å². The summed E-state index contributed by atoms with van der Waals surface area (Å²) in [6.45, 7) is 4.56. The predicted octanol–water partition coefficient (Wildman–Crippen LogP) is 4.94. The van der Waals surface area contributed by atoms with E-state index < -0.39 is 0 Å². The smallest absolute Gasteiger partial charge is 0.131 e. The minimum Gasteiger partial charge on any atom is -0.319 e. The maximum atomic E-state index is 3.53. The summed E-state index contributed by atoms with van der Waals surface area (Å²) in [5, 5.41) is 3.53. The molecule has 0 aromatic rings. The van der Waals surface area contributed by atoms with Gasteiger partial charge in [0.1, 0.15) is 6.67 Å². The van der Waals surface area contributed by atoms with Crippen LogP contribution in [0, 0.1) is 0 Å². The molecule has 0 aliphatic rings. The topological polar surface area (TPSA) is 12.0 Å². The Labute approximate surface area is 128 Å². The van der Waals surface area contributed by atoms with Crippen LogP contribution < -0.4 is 5.32 Å². The van der Waals surface area contributed by atoms with Crippen LogP contribution in [0.15, 0.2) is 0 Å². The van der Waals surface area contributed by atoms with Gasteiger partial charge in [-0.05, 0) is 6.42 Å². The first kappa shape index (κ1) is 19.9. The molecule has 0 aromatic heterocycles. The number of rotatable bonds is 15. The summed E-state index contributed by atoms with van der Waals surface area (Å²) >= 11 is 0. The van der Waals surface area contributed by atoms with Crippen LogP contribution in [-0.2, 0) is 0 Å². The maximum Gasteiger partial charge on any atom is 0.131 e. The van der Waals surface area contributed by atoms with E-state index >= 15 is 0 Å². The Balaban J connectivity index is 2.99. The molecule has 0 saturated carbocycles. The van der Waals surface area contributed by atoms with Gasteiger partial charge in [0, 0.05) is 6.54 Å². The van der Waals surface area contributed by atoms with Crippen molar-refractivity contribution in [3.05, 3.63) is 0 Å². The Morgan fingerprint density at radius 2 is 1.00 bits per heavy atom. The molecule has 0 amide bonds. The second-order valence-electron chi connectivity index (χ2n) is 7.34. The molecule has 1 N–H and O–H groups in total. The van der Waals surface area contributed by atoms with Crippen molar-refractivity contribution in [1.82, 2.24) is 5.32 Å². The number of quaternary nitrogens is 1. The molecule has 0 aliphatic heterocycles. The number of nitrogens with zero attached hydrogens (tertiary/aromatic N) is 1. The molecule has 0 heterocycles. The van der Waals surface area contributed by atoms with E-state index in [9.17, 15) is 0 Å². The predicted molar refractivity (Wildman–Crippen MR) is 92.0 cm³/mol. The Morgan fingerprint density at radius 1 is 0.600 bits per heavy atom. The molecule has 0 unspecified atom stereocenters. The van der Waals surface area contributed by atoms with E-state index in [1.54, 1.807) is 0 Å². The van der Waals surface area contributed by atoms with Gasteiger partial charge in [0.25, 0.3) is 0 Å². The van der Waals surface area contributed by atoms with Crippen LogP contribution in [-0.4, -0.2) is 38.8 Å². The first-order valence-corrected chi connectivity index (χ1v) is 9.07. The van der Waals surface area contributed by atoms with Crippen molar-refractivity contribution >= 4 is 0 Å². The second-order valence-corrected chi connectivity index (χ2v) is 7.34. The summed E-state index contributed by atoms with van der Waals surface area (Å²) in [6.07, 6.45) is 17.2. The minimum absolute atomic E-state index is 1.01. The molecular formula is C18H41N2+. The van der Waals surface area contributed by atoms with Gasteiger partial charge in [-0.15, -0.1) is 0 Å². The highest BCUT2D eigenvalue weighted by molar-refractivity contribution is 4.49. The molecule has 0 radical (unpaired) electrons. The first-order chi connectivity index (χ1) is 9.56. The third-order valence-corrected chi connectivity index (χ3v) is 3.79. The van der Waals surface area contributed by atoms with Crippen molar-refractivity contribution in [1.29, 1.82) is 0 Å². The monoisotopic (exact) mass is 285 g/mol. The molecule has 2 heteroatoms. The molecule has 0 bridgehead atoms. The fourth-order valence-corrected chi connectivity index (χ4v) is 2.51. The zero-order valence-electron chi connectivity index (χ0n) is 14.8. The van der Waals surface area contributed by atoms with Gasteiger partial charge in [0.05, 0.1) is 21.1 Å². The Bertz CT molecular complexity index is 184. The summed E-state index contributed by atoms with van der Waals surface area (Å²) in [5.74, 6) is 0. The van der Waals surface area contributed by atoms with Crippen LogP contribution in [0.4, 0.5) is 0 Å². The quantitative estimate of drug-likeness (QED) is 0.255. The number of hydrogen-bond acceptors (Lipinski definition) is 1. The van der Waals surface area contributed by atoms with Gasteiger partial charge >= 0.3 is 0 Å². The number of hydrogen-bond donors (Lipinski definition) is 1. The largest absolute Gasteiger partial charge is 0.319 e. The highest BCUT2D eigenvalue weighted by atomic mass is 15.3. The fraction of sp³-hybridized carbons (Fsp3) is 1.00. The van der Waals surface area contributed by atoms with Crippen LogP contribution in [0.2, 0.25) is 0 Å². The maximum absolute atomic E-state index is 3.53. The van der Waals surface area contributed by atoms with Gasteiger partial charge < -0.3 is 4.48 Å². The molecule has 2 nitrogen and oxygen atoms in total. The SMILES string of the molecule is CCCCCCCCCCCCCCNC[N+](C)(C)C. The van der Waals surface area contributed by atoms with Crippen molar-refractivity contribution in [2.45, 2.75) is 84.0 Å². The molecule has 0 spiro atoms. The fourth-order valence-electron chi connectivity index (χ4n) is 2.51. The highest BCUT2D eigenvalue weighted by Crippen LogP contribution is 2.11. The van der Waals surface area contributed by atoms with Crippen LogP contribution in [0.25, 0.3) is 0 Å². The third kappa shape index (κ3) is 17.9. The van der Waals surface area contributed by atoms with Gasteiger partial charge in [0.15, 0.2) is 0 Å². The van der Waals surface area contributed by atoms with E-state index in [1.165, 1.54) is 83.6 Å². The van der Waals surface area contributed by atoms with Crippen molar-refractivity contribution in [3.63, 3.8) is 0 Å². The van der Waals surface area contributed by atoms with E-state index in [4.69, 9.17) is 0 Å². The van der Waals surface area contributed by atoms with E-state index in [-0.39, 0.29) is 0 Å². The Kier molecular flexibility index (Phi) is 13.8. The van der Waals surface area contributed by atoms with Gasteiger partial charge in [-0.3, -0.25) is 5.32 Å². The second kappa shape index (κ2) is 13.9. The van der Waals surface area contributed by atoms with Gasteiger partial charge in [-0.1, -0.05) is 77.6 Å². The summed E-state index contributed by atoms with van der Waals surface area (Å²) in [4.78, 5) is 0. The summed E-state index contributed by atoms with van der Waals surface area (Å²) < 4.78 is 1.01. The zero-order valence-corrected chi connectivity index (χ0v) is 14.8. The normalized spacial score (nSPS) is 12.0. The van der Waals surface area contributed by atoms with Crippen LogP contribution in [0.5, 0.6) is 0 Å². The molecular weight excluding hydrogens is 244 g/mol. The molecule has 20 heavy (non-hydrogen) atoms. The number of nitrogens with one attached hydrogen (secondary N) is 1. The Hall–Kier alpha value is -0.0800. The average molecular weight is 286 g/mol. The summed E-state index contributed by atoms with van der Waals surface area (Å²) in [7, 11) is 6.69. The van der Waals surface area contributed by atoms with Crippen molar-refractivity contribution in [2.75, 3.05) is 34.4 Å². The van der Waals surface area contributed by atoms with Gasteiger partial charge in [-0.25, -0.2) is 0 Å². The first-order valence-electron chi connectivity index (χ1n) is 9.07. The number of unbranched alkanes of at least 4 members (excludes halogenated alkanes) is 11. The van der Waals surface area contributed by atoms with Gasteiger partial charge in [-0.2, -0.15) is 0 Å². The molecule has 0 saturated heterocycles. The van der Waals surface area contributed by atoms with Crippen molar-refractivity contribution < 1.29 is 4.48 Å². The van der Waals surface area contributed by atoms with Gasteiger partial charge in [0.2, 0.25) is 0 Å². The van der Waals surface area contributed by atoms with Crippen molar-refractivity contribution in [3.8, 4) is 0 Å². The van der Waals surface area contributed by atoms with Crippen LogP contribution in [0.3, 0.4) is 0 Å². The Morgan fingerprint density at radius 3 is 1.40 bits per heavy atom. The molecule has 0 rings (SSSR count). The summed E-state index contributed by atoms with van der Waals surface area (Å²) in [5.41, 5.74) is 0. The van der Waals surface area contributed by atoms with E-state index in [0.29, 0.717) is 0 Å². The lowest BCUT2D eigenvalue weighted by Gasteiger charge is -2.24. The zero-order chi connectivity index (χ0) is 15.1. The molecule has 0 aromatic carbocycles. The van der Waals surface area contributed by atoms with E-state index in [2.05, 4.69) is 33.4 Å². The average Bonchev–Trinajstić information content (AvgIpc) is 2.38. The molecule has 0 atom stereocenters. The molecule has 122 valence electrons. The standard InChI is InChI=1S/C18H41N2/c1-5-6-7-8-9-10-11-12-13-14-15-16-17-19-18-20(2,3)4/h19H,5-18H2,1-4H3/q+1. The summed E-state index contributed by atoms with van der Waals surface area (Å²) in [6, 6.07) is 0. The third-order valence-electron chi connectivity index (χ3n) is 3.79. The molecule has 0 aliphatic carbocycles. The highest BCUT2D eigenvalue weighted by Gasteiger charge is 2.03. The lowest BCUT2D eigenvalue weighted by molar-refractivity contribution is -0.873. The lowest BCUT2D eigenvalue weighted by Crippen LogP contribution is -2.43. The minimum atomic E-state index is 1.01. The van der Waals surface area contributed by atoms with Crippen LogP contribution >= 0.6 is 0 Å². The molecule has 0 fully saturated rings. The lowest BCUT2D eigenvalue weighted by atomic mass is 10.1. The van der Waals surface area contributed by atoms with Crippen molar-refractivity contribution in [2.24, 2.45) is 0 Å². The van der Waals surface area contributed by atoms with Crippen LogP contribution in [0.1, 0.15) is 84.0 Å².